The minimum absolute atomic E-state index is 0.00313. The molecule has 116 valence electrons. The predicted octanol–water partition coefficient (Wildman–Crippen LogP) is 3.50. The van der Waals surface area contributed by atoms with Gasteiger partial charge in [0.05, 0.1) is 0 Å². The third-order valence-electron chi connectivity index (χ3n) is 3.66. The van der Waals surface area contributed by atoms with Crippen LogP contribution in [-0.2, 0) is 11.2 Å². The van der Waals surface area contributed by atoms with Gasteiger partial charge in [0.15, 0.2) is 6.61 Å². The highest BCUT2D eigenvalue weighted by Gasteiger charge is 2.32. The van der Waals surface area contributed by atoms with Crippen molar-refractivity contribution in [3.63, 3.8) is 0 Å². The Kier molecular flexibility index (Phi) is 4.73. The first-order valence-corrected chi connectivity index (χ1v) is 8.30. The zero-order chi connectivity index (χ0) is 15.4. The zero-order valence-electron chi connectivity index (χ0n) is 12.2. The van der Waals surface area contributed by atoms with Gasteiger partial charge in [-0.3, -0.25) is 4.79 Å². The van der Waals surface area contributed by atoms with Gasteiger partial charge in [-0.1, -0.05) is 6.07 Å². The number of thiophene rings is 1. The van der Waals surface area contributed by atoms with Crippen LogP contribution in [0.4, 0.5) is 4.39 Å². The van der Waals surface area contributed by atoms with E-state index in [1.54, 1.807) is 11.3 Å². The first kappa shape index (κ1) is 15.0. The molecule has 1 aliphatic carbocycles. The average Bonchev–Trinajstić information content (AvgIpc) is 3.22. The molecule has 0 bridgehead atoms. The summed E-state index contributed by atoms with van der Waals surface area (Å²) in [7, 11) is 0. The maximum Gasteiger partial charge on any atom is 0.260 e. The molecule has 3 rings (SSSR count). The summed E-state index contributed by atoms with van der Waals surface area (Å²) >= 11 is 1.72. The van der Waals surface area contributed by atoms with Gasteiger partial charge in [0.1, 0.15) is 11.6 Å². The quantitative estimate of drug-likeness (QED) is 0.782. The molecule has 3 nitrogen and oxygen atoms in total. The lowest BCUT2D eigenvalue weighted by molar-refractivity contribution is -0.133. The van der Waals surface area contributed by atoms with Gasteiger partial charge >= 0.3 is 0 Å². The molecule has 1 saturated carbocycles. The van der Waals surface area contributed by atoms with Crippen LogP contribution in [0.3, 0.4) is 0 Å². The van der Waals surface area contributed by atoms with Gasteiger partial charge in [-0.25, -0.2) is 4.39 Å². The molecule has 1 aromatic heterocycles. The maximum atomic E-state index is 12.8. The van der Waals surface area contributed by atoms with E-state index in [2.05, 4.69) is 11.4 Å². The maximum absolute atomic E-state index is 12.8. The van der Waals surface area contributed by atoms with E-state index < -0.39 is 0 Å². The SMILES string of the molecule is O=C(COc1ccc(F)cc1)N(CCc1cccs1)C1CC1. The third kappa shape index (κ3) is 4.07. The van der Waals surface area contributed by atoms with Gasteiger partial charge in [-0.2, -0.15) is 0 Å². The van der Waals surface area contributed by atoms with Crippen molar-refractivity contribution < 1.29 is 13.9 Å². The fourth-order valence-corrected chi connectivity index (χ4v) is 3.04. The number of halogens is 1. The standard InChI is InChI=1S/C17H18FNO2S/c18-13-3-7-15(8-4-13)21-12-17(20)19(14-5-6-14)10-9-16-2-1-11-22-16/h1-4,7-8,11,14H,5-6,9-10,12H2. The minimum atomic E-state index is -0.311. The van der Waals surface area contributed by atoms with Crippen molar-refractivity contribution in [1.82, 2.24) is 4.90 Å². The average molecular weight is 319 g/mol. The van der Waals surface area contributed by atoms with Crippen molar-refractivity contribution in [3.8, 4) is 5.75 Å². The number of benzene rings is 1. The molecule has 22 heavy (non-hydrogen) atoms. The Morgan fingerprint density at radius 2 is 2.05 bits per heavy atom. The first-order chi connectivity index (χ1) is 10.7. The minimum Gasteiger partial charge on any atom is -0.484 e. The van der Waals surface area contributed by atoms with Crippen LogP contribution in [0.5, 0.6) is 5.75 Å². The molecule has 0 atom stereocenters. The van der Waals surface area contributed by atoms with E-state index in [1.807, 2.05) is 11.0 Å². The monoisotopic (exact) mass is 319 g/mol. The van der Waals surface area contributed by atoms with E-state index in [1.165, 1.54) is 29.1 Å². The lowest BCUT2D eigenvalue weighted by Crippen LogP contribution is -2.38. The van der Waals surface area contributed by atoms with Crippen molar-refractivity contribution in [3.05, 3.63) is 52.5 Å². The van der Waals surface area contributed by atoms with Crippen molar-refractivity contribution >= 4 is 17.2 Å². The van der Waals surface area contributed by atoms with Crippen LogP contribution in [-0.4, -0.2) is 30.0 Å². The summed E-state index contributed by atoms with van der Waals surface area (Å²) in [5, 5.41) is 2.05. The Morgan fingerprint density at radius 1 is 1.27 bits per heavy atom. The van der Waals surface area contributed by atoms with Crippen molar-refractivity contribution in [2.45, 2.75) is 25.3 Å². The summed E-state index contributed by atoms with van der Waals surface area (Å²) in [6.07, 6.45) is 3.04. The molecule has 0 spiro atoms. The van der Waals surface area contributed by atoms with Crippen LogP contribution in [0.2, 0.25) is 0 Å². The smallest absolute Gasteiger partial charge is 0.260 e. The number of hydrogen-bond donors (Lipinski definition) is 0. The van der Waals surface area contributed by atoms with Crippen molar-refractivity contribution in [2.24, 2.45) is 0 Å². The van der Waals surface area contributed by atoms with Gasteiger partial charge in [0.25, 0.3) is 5.91 Å². The molecule has 0 N–H and O–H groups in total. The summed E-state index contributed by atoms with van der Waals surface area (Å²) in [6, 6.07) is 10.2. The number of nitrogens with zero attached hydrogens (tertiary/aromatic N) is 1. The van der Waals surface area contributed by atoms with E-state index in [-0.39, 0.29) is 18.3 Å². The third-order valence-corrected chi connectivity index (χ3v) is 4.60. The van der Waals surface area contributed by atoms with Crippen molar-refractivity contribution in [2.75, 3.05) is 13.2 Å². The first-order valence-electron chi connectivity index (χ1n) is 7.42. The van der Waals surface area contributed by atoms with Crippen LogP contribution >= 0.6 is 11.3 Å². The molecular formula is C17H18FNO2S. The van der Waals surface area contributed by atoms with Crippen LogP contribution < -0.4 is 4.74 Å². The largest absolute Gasteiger partial charge is 0.484 e. The second-order valence-corrected chi connectivity index (χ2v) is 6.42. The van der Waals surface area contributed by atoms with Crippen LogP contribution in [0.25, 0.3) is 0 Å². The highest BCUT2D eigenvalue weighted by molar-refractivity contribution is 7.09. The lowest BCUT2D eigenvalue weighted by atomic mass is 10.3. The Bertz CT molecular complexity index is 608. The molecule has 0 unspecified atom stereocenters. The Hall–Kier alpha value is -1.88. The molecule has 2 aromatic rings. The second kappa shape index (κ2) is 6.92. The zero-order valence-corrected chi connectivity index (χ0v) is 13.0. The van der Waals surface area contributed by atoms with Crippen molar-refractivity contribution in [1.29, 1.82) is 0 Å². The molecule has 1 aromatic carbocycles. The van der Waals surface area contributed by atoms with Crippen LogP contribution in [0.15, 0.2) is 41.8 Å². The number of rotatable bonds is 7. The van der Waals surface area contributed by atoms with E-state index >= 15 is 0 Å². The Balaban J connectivity index is 1.52. The van der Waals surface area contributed by atoms with Crippen LogP contribution in [0.1, 0.15) is 17.7 Å². The summed E-state index contributed by atoms with van der Waals surface area (Å²) in [5.74, 6) is 0.210. The molecule has 5 heteroatoms. The highest BCUT2D eigenvalue weighted by atomic mass is 32.1. The Morgan fingerprint density at radius 3 is 2.68 bits per heavy atom. The topological polar surface area (TPSA) is 29.5 Å². The number of carbonyl (C=O) groups excluding carboxylic acids is 1. The summed E-state index contributed by atoms with van der Waals surface area (Å²) < 4.78 is 18.3. The second-order valence-electron chi connectivity index (χ2n) is 5.39. The molecule has 0 radical (unpaired) electrons. The predicted molar refractivity (Wildman–Crippen MR) is 84.7 cm³/mol. The highest BCUT2D eigenvalue weighted by Crippen LogP contribution is 2.27. The van der Waals surface area contributed by atoms with E-state index in [4.69, 9.17) is 4.74 Å². The van der Waals surface area contributed by atoms with E-state index in [0.29, 0.717) is 11.8 Å². The molecule has 0 saturated heterocycles. The molecular weight excluding hydrogens is 301 g/mol. The molecule has 1 amide bonds. The van der Waals surface area contributed by atoms with Gasteiger partial charge in [-0.15, -0.1) is 11.3 Å². The van der Waals surface area contributed by atoms with Gasteiger partial charge < -0.3 is 9.64 Å². The fraction of sp³-hybridized carbons (Fsp3) is 0.353. The number of amides is 1. The Labute approximate surface area is 133 Å². The lowest BCUT2D eigenvalue weighted by Gasteiger charge is -2.22. The number of hydrogen-bond acceptors (Lipinski definition) is 3. The van der Waals surface area contributed by atoms with Crippen LogP contribution in [0, 0.1) is 5.82 Å². The molecule has 1 heterocycles. The number of ether oxygens (including phenoxy) is 1. The van der Waals surface area contributed by atoms with E-state index in [9.17, 15) is 9.18 Å². The van der Waals surface area contributed by atoms with Gasteiger partial charge in [-0.05, 0) is 55.0 Å². The molecule has 1 aliphatic rings. The van der Waals surface area contributed by atoms with Gasteiger partial charge in [0, 0.05) is 17.5 Å². The molecule has 1 fully saturated rings. The van der Waals surface area contributed by atoms with Gasteiger partial charge in [0.2, 0.25) is 0 Å². The summed E-state index contributed by atoms with van der Waals surface area (Å²) in [4.78, 5) is 15.6. The summed E-state index contributed by atoms with van der Waals surface area (Å²) in [5.41, 5.74) is 0. The molecule has 0 aliphatic heterocycles. The fourth-order valence-electron chi connectivity index (χ4n) is 2.34. The normalized spacial score (nSPS) is 13.9. The number of carbonyl (C=O) groups is 1. The summed E-state index contributed by atoms with van der Waals surface area (Å²) in [6.45, 7) is 0.739. The van der Waals surface area contributed by atoms with E-state index in [0.717, 1.165) is 25.8 Å².